The molecular weight excluding hydrogens is 224 g/mol. The maximum Gasteiger partial charge on any atom is 0.309 e. The van der Waals surface area contributed by atoms with E-state index < -0.39 is 0 Å². The van der Waals surface area contributed by atoms with Gasteiger partial charge in [0.2, 0.25) is 0 Å². The molecule has 1 aromatic rings. The van der Waals surface area contributed by atoms with Crippen LogP contribution in [-0.4, -0.2) is 5.97 Å². The lowest BCUT2D eigenvalue weighted by molar-refractivity contribution is -0.153. The number of benzene rings is 1. The van der Waals surface area contributed by atoms with Gasteiger partial charge in [0.05, 0.1) is 5.92 Å². The highest BCUT2D eigenvalue weighted by Gasteiger charge is 2.37. The van der Waals surface area contributed by atoms with Crippen LogP contribution in [0.3, 0.4) is 0 Å². The van der Waals surface area contributed by atoms with Gasteiger partial charge in [0.1, 0.15) is 6.61 Å². The standard InChI is InChI=1S/C16H18O2/c17-16(18-11-13-4-2-1-3-5-13)15-10-12-6-8-14(15)9-7-12/h1-6,8,12,14-15H,7,9-11H2/t12-,14+,15+/m1/s1. The van der Waals surface area contributed by atoms with Gasteiger partial charge in [-0.25, -0.2) is 0 Å². The summed E-state index contributed by atoms with van der Waals surface area (Å²) in [5, 5.41) is 0. The molecule has 1 aromatic carbocycles. The highest BCUT2D eigenvalue weighted by Crippen LogP contribution is 2.40. The quantitative estimate of drug-likeness (QED) is 0.600. The first-order chi connectivity index (χ1) is 8.83. The van der Waals surface area contributed by atoms with Crippen molar-refractivity contribution in [2.75, 3.05) is 0 Å². The maximum absolute atomic E-state index is 12.1. The maximum atomic E-state index is 12.1. The summed E-state index contributed by atoms with van der Waals surface area (Å²) in [5.74, 6) is 1.10. The number of hydrogen-bond donors (Lipinski definition) is 0. The lowest BCUT2D eigenvalue weighted by Gasteiger charge is -2.36. The smallest absolute Gasteiger partial charge is 0.309 e. The summed E-state index contributed by atoms with van der Waals surface area (Å²) in [7, 11) is 0. The van der Waals surface area contributed by atoms with Crippen LogP contribution in [0.4, 0.5) is 0 Å². The van der Waals surface area contributed by atoms with E-state index in [4.69, 9.17) is 4.74 Å². The third kappa shape index (κ3) is 2.33. The summed E-state index contributed by atoms with van der Waals surface area (Å²) < 4.78 is 5.45. The highest BCUT2D eigenvalue weighted by molar-refractivity contribution is 5.73. The molecule has 18 heavy (non-hydrogen) atoms. The van der Waals surface area contributed by atoms with Gasteiger partial charge in [-0.15, -0.1) is 0 Å². The fraction of sp³-hybridized carbons (Fsp3) is 0.438. The second kappa shape index (κ2) is 4.97. The van der Waals surface area contributed by atoms with E-state index in [1.54, 1.807) is 0 Å². The predicted molar refractivity (Wildman–Crippen MR) is 69.7 cm³/mol. The average molecular weight is 242 g/mol. The molecule has 4 rings (SSSR count). The van der Waals surface area contributed by atoms with Crippen molar-refractivity contribution in [3.8, 4) is 0 Å². The van der Waals surface area contributed by atoms with Crippen molar-refractivity contribution in [2.45, 2.75) is 25.9 Å². The van der Waals surface area contributed by atoms with Crippen LogP contribution in [0, 0.1) is 17.8 Å². The van der Waals surface area contributed by atoms with Gasteiger partial charge in [-0.3, -0.25) is 4.79 Å². The molecule has 2 bridgehead atoms. The summed E-state index contributed by atoms with van der Waals surface area (Å²) in [6.45, 7) is 0.400. The minimum absolute atomic E-state index is 0.0158. The fourth-order valence-corrected chi connectivity index (χ4v) is 3.04. The van der Waals surface area contributed by atoms with Crippen molar-refractivity contribution in [1.29, 1.82) is 0 Å². The van der Waals surface area contributed by atoms with Crippen molar-refractivity contribution in [2.24, 2.45) is 17.8 Å². The van der Waals surface area contributed by atoms with Crippen LogP contribution in [-0.2, 0) is 16.1 Å². The molecule has 3 aliphatic rings. The first kappa shape index (κ1) is 11.5. The Morgan fingerprint density at radius 1 is 1.17 bits per heavy atom. The van der Waals surface area contributed by atoms with E-state index in [1.165, 1.54) is 6.42 Å². The van der Waals surface area contributed by atoms with E-state index in [-0.39, 0.29) is 11.9 Å². The molecule has 1 fully saturated rings. The second-order valence-corrected chi connectivity index (χ2v) is 5.32. The Labute approximate surface area is 108 Å². The van der Waals surface area contributed by atoms with E-state index in [9.17, 15) is 4.79 Å². The lowest BCUT2D eigenvalue weighted by atomic mass is 9.69. The molecule has 1 saturated carbocycles. The zero-order valence-corrected chi connectivity index (χ0v) is 10.4. The Balaban J connectivity index is 1.58. The number of carbonyl (C=O) groups is 1. The molecule has 0 heterocycles. The molecule has 0 radical (unpaired) electrons. The van der Waals surface area contributed by atoms with Crippen LogP contribution in [0.2, 0.25) is 0 Å². The van der Waals surface area contributed by atoms with Crippen LogP contribution in [0.5, 0.6) is 0 Å². The van der Waals surface area contributed by atoms with Crippen molar-refractivity contribution < 1.29 is 9.53 Å². The van der Waals surface area contributed by atoms with E-state index >= 15 is 0 Å². The number of hydrogen-bond acceptors (Lipinski definition) is 2. The molecule has 3 atom stereocenters. The number of carbonyl (C=O) groups excluding carboxylic acids is 1. The Bertz CT molecular complexity index is 449. The molecule has 94 valence electrons. The molecule has 0 amide bonds. The van der Waals surface area contributed by atoms with Gasteiger partial charge in [-0.1, -0.05) is 42.5 Å². The van der Waals surface area contributed by atoms with Crippen molar-refractivity contribution in [1.82, 2.24) is 0 Å². The second-order valence-electron chi connectivity index (χ2n) is 5.32. The van der Waals surface area contributed by atoms with Crippen LogP contribution in [0.15, 0.2) is 42.5 Å². The van der Waals surface area contributed by atoms with Crippen LogP contribution in [0.25, 0.3) is 0 Å². The number of allylic oxidation sites excluding steroid dienone is 2. The molecule has 0 unspecified atom stereocenters. The molecule has 0 spiro atoms. The fourth-order valence-electron chi connectivity index (χ4n) is 3.04. The lowest BCUT2D eigenvalue weighted by Crippen LogP contribution is -2.33. The van der Waals surface area contributed by atoms with Crippen LogP contribution < -0.4 is 0 Å². The minimum atomic E-state index is -0.0158. The summed E-state index contributed by atoms with van der Waals surface area (Å²) in [5.41, 5.74) is 1.06. The summed E-state index contributed by atoms with van der Waals surface area (Å²) in [6, 6.07) is 9.87. The molecule has 2 nitrogen and oxygen atoms in total. The van der Waals surface area contributed by atoms with Crippen molar-refractivity contribution >= 4 is 5.97 Å². The Morgan fingerprint density at radius 2 is 2.00 bits per heavy atom. The van der Waals surface area contributed by atoms with Gasteiger partial charge in [-0.2, -0.15) is 0 Å². The minimum Gasteiger partial charge on any atom is -0.461 e. The molecule has 0 N–H and O–H groups in total. The average Bonchev–Trinajstić information content (AvgIpc) is 2.47. The van der Waals surface area contributed by atoms with E-state index in [0.29, 0.717) is 18.4 Å². The normalized spacial score (nSPS) is 29.2. The number of rotatable bonds is 3. The van der Waals surface area contributed by atoms with Gasteiger partial charge in [-0.05, 0) is 36.7 Å². The van der Waals surface area contributed by atoms with Gasteiger partial charge < -0.3 is 4.74 Å². The van der Waals surface area contributed by atoms with E-state index in [2.05, 4.69) is 12.2 Å². The van der Waals surface area contributed by atoms with E-state index in [0.717, 1.165) is 18.4 Å². The Hall–Kier alpha value is -1.57. The molecule has 0 saturated heterocycles. The van der Waals surface area contributed by atoms with Gasteiger partial charge in [0.15, 0.2) is 0 Å². The zero-order valence-electron chi connectivity index (χ0n) is 10.4. The number of fused-ring (bicyclic) bond motifs is 2. The Kier molecular flexibility index (Phi) is 3.18. The van der Waals surface area contributed by atoms with Crippen molar-refractivity contribution in [3.05, 3.63) is 48.0 Å². The largest absolute Gasteiger partial charge is 0.461 e. The number of ether oxygens (including phenoxy) is 1. The van der Waals surface area contributed by atoms with Crippen LogP contribution in [0.1, 0.15) is 24.8 Å². The first-order valence-electron chi connectivity index (χ1n) is 6.72. The molecule has 0 aromatic heterocycles. The summed E-state index contributed by atoms with van der Waals surface area (Å²) in [4.78, 5) is 12.1. The summed E-state index contributed by atoms with van der Waals surface area (Å²) >= 11 is 0. The molecule has 3 aliphatic carbocycles. The van der Waals surface area contributed by atoms with Gasteiger partial charge in [0, 0.05) is 0 Å². The SMILES string of the molecule is O=C(OCc1ccccc1)[C@H]1C[C@@H]2C=C[C@H]1CC2. The zero-order chi connectivity index (χ0) is 12.4. The predicted octanol–water partition coefficient (Wildman–Crippen LogP) is 3.33. The molecular formula is C16H18O2. The van der Waals surface area contributed by atoms with Gasteiger partial charge >= 0.3 is 5.97 Å². The van der Waals surface area contributed by atoms with Crippen LogP contribution >= 0.6 is 0 Å². The summed E-state index contributed by atoms with van der Waals surface area (Å²) in [6.07, 6.45) is 7.85. The Morgan fingerprint density at radius 3 is 2.61 bits per heavy atom. The topological polar surface area (TPSA) is 26.3 Å². The third-order valence-corrected chi connectivity index (χ3v) is 4.10. The van der Waals surface area contributed by atoms with Gasteiger partial charge in [0.25, 0.3) is 0 Å². The third-order valence-electron chi connectivity index (χ3n) is 4.10. The highest BCUT2D eigenvalue weighted by atomic mass is 16.5. The molecule has 2 heteroatoms. The monoisotopic (exact) mass is 242 g/mol. The first-order valence-corrected chi connectivity index (χ1v) is 6.72. The van der Waals surface area contributed by atoms with E-state index in [1.807, 2.05) is 30.3 Å². The number of esters is 1. The van der Waals surface area contributed by atoms with Crippen molar-refractivity contribution in [3.63, 3.8) is 0 Å². The molecule has 0 aliphatic heterocycles.